The first-order valence-corrected chi connectivity index (χ1v) is 9.35. The first-order chi connectivity index (χ1) is 11.3. The maximum Gasteiger partial charge on any atom is 0.242 e. The second kappa shape index (κ2) is 6.05. The summed E-state index contributed by atoms with van der Waals surface area (Å²) in [5.74, 6) is 0.0337. The van der Waals surface area contributed by atoms with E-state index in [2.05, 4.69) is 10.5 Å². The summed E-state index contributed by atoms with van der Waals surface area (Å²) in [6.45, 7) is 3.80. The average molecular weight is 348 g/mol. The maximum absolute atomic E-state index is 13.0. The van der Waals surface area contributed by atoms with Gasteiger partial charge in [-0.3, -0.25) is 4.79 Å². The lowest BCUT2D eigenvalue weighted by Gasteiger charge is -2.39. The highest BCUT2D eigenvalue weighted by atomic mass is 32.2. The fourth-order valence-corrected chi connectivity index (χ4v) is 4.97. The number of hydrogen-bond donors (Lipinski definition) is 1. The van der Waals surface area contributed by atoms with E-state index in [0.717, 1.165) is 12.0 Å². The van der Waals surface area contributed by atoms with Crippen LogP contribution in [-0.2, 0) is 21.2 Å². The Kier molecular flexibility index (Phi) is 4.21. The van der Waals surface area contributed by atoms with E-state index < -0.39 is 20.5 Å². The van der Waals surface area contributed by atoms with Crippen molar-refractivity contribution < 1.29 is 17.7 Å². The lowest BCUT2D eigenvalue weighted by molar-refractivity contribution is -0.126. The molecule has 24 heavy (non-hydrogen) atoms. The first-order valence-electron chi connectivity index (χ1n) is 7.87. The SMILES string of the molecule is Cc1ccc(S(=O)(=O)C2(C(=O)NCc3cc(C)no3)CCC2)cc1. The lowest BCUT2D eigenvalue weighted by atomic mass is 9.83. The van der Waals surface area contributed by atoms with E-state index >= 15 is 0 Å². The predicted octanol–water partition coefficient (Wildman–Crippen LogP) is 2.30. The minimum atomic E-state index is -3.74. The summed E-state index contributed by atoms with van der Waals surface area (Å²) in [5.41, 5.74) is 1.69. The number of aromatic nitrogens is 1. The summed E-state index contributed by atoms with van der Waals surface area (Å²) in [5, 5.41) is 6.44. The third-order valence-corrected chi connectivity index (χ3v) is 7.04. The molecule has 1 fully saturated rings. The van der Waals surface area contributed by atoms with E-state index in [-0.39, 0.29) is 11.4 Å². The van der Waals surface area contributed by atoms with Gasteiger partial charge in [0.05, 0.1) is 17.1 Å². The summed E-state index contributed by atoms with van der Waals surface area (Å²) < 4.78 is 29.7. The molecule has 0 radical (unpaired) electrons. The number of carbonyl (C=O) groups excluding carboxylic acids is 1. The lowest BCUT2D eigenvalue weighted by Crippen LogP contribution is -2.56. The molecule has 0 unspecified atom stereocenters. The van der Waals surface area contributed by atoms with Crippen LogP contribution in [0.4, 0.5) is 0 Å². The van der Waals surface area contributed by atoms with E-state index in [4.69, 9.17) is 4.52 Å². The Morgan fingerprint density at radius 3 is 2.42 bits per heavy atom. The smallest absolute Gasteiger partial charge is 0.242 e. The molecule has 1 amide bonds. The van der Waals surface area contributed by atoms with Gasteiger partial charge in [-0.25, -0.2) is 8.42 Å². The maximum atomic E-state index is 13.0. The third kappa shape index (κ3) is 2.73. The van der Waals surface area contributed by atoms with Gasteiger partial charge >= 0.3 is 0 Å². The number of rotatable bonds is 5. The summed E-state index contributed by atoms with van der Waals surface area (Å²) in [4.78, 5) is 12.9. The van der Waals surface area contributed by atoms with Gasteiger partial charge in [0, 0.05) is 6.07 Å². The van der Waals surface area contributed by atoms with Crippen LogP contribution in [0, 0.1) is 13.8 Å². The van der Waals surface area contributed by atoms with Gasteiger partial charge in [-0.05, 0) is 45.2 Å². The Bertz CT molecular complexity index is 849. The molecule has 1 N–H and O–H groups in total. The van der Waals surface area contributed by atoms with Gasteiger partial charge in [-0.2, -0.15) is 0 Å². The molecule has 1 aromatic heterocycles. The number of sulfone groups is 1. The Morgan fingerprint density at radius 1 is 1.25 bits per heavy atom. The van der Waals surface area contributed by atoms with Crippen LogP contribution < -0.4 is 5.32 Å². The molecule has 0 atom stereocenters. The highest BCUT2D eigenvalue weighted by Crippen LogP contribution is 2.43. The largest absolute Gasteiger partial charge is 0.359 e. The number of aryl methyl sites for hydroxylation is 2. The van der Waals surface area contributed by atoms with Crippen molar-refractivity contribution in [3.8, 4) is 0 Å². The number of nitrogens with zero attached hydrogens (tertiary/aromatic N) is 1. The minimum Gasteiger partial charge on any atom is -0.359 e. The summed E-state index contributed by atoms with van der Waals surface area (Å²) in [7, 11) is -3.74. The van der Waals surface area contributed by atoms with E-state index in [1.165, 1.54) is 0 Å². The minimum absolute atomic E-state index is 0.130. The third-order valence-electron chi connectivity index (χ3n) is 4.52. The van der Waals surface area contributed by atoms with Gasteiger partial charge in [0.2, 0.25) is 5.91 Å². The van der Waals surface area contributed by atoms with E-state index in [1.54, 1.807) is 37.3 Å². The van der Waals surface area contributed by atoms with Crippen LogP contribution in [0.15, 0.2) is 39.8 Å². The molecule has 1 heterocycles. The van der Waals surface area contributed by atoms with Crippen molar-refractivity contribution in [1.82, 2.24) is 10.5 Å². The molecule has 128 valence electrons. The second-order valence-corrected chi connectivity index (χ2v) is 8.54. The molecule has 1 aliphatic rings. The van der Waals surface area contributed by atoms with E-state index in [0.29, 0.717) is 24.3 Å². The van der Waals surface area contributed by atoms with Crippen LogP contribution in [0.2, 0.25) is 0 Å². The second-order valence-electron chi connectivity index (χ2n) is 6.28. The van der Waals surface area contributed by atoms with Gasteiger partial charge < -0.3 is 9.84 Å². The highest BCUT2D eigenvalue weighted by molar-refractivity contribution is 7.93. The van der Waals surface area contributed by atoms with Crippen molar-refractivity contribution >= 4 is 15.7 Å². The quantitative estimate of drug-likeness (QED) is 0.895. The van der Waals surface area contributed by atoms with Crippen LogP contribution in [0.1, 0.15) is 36.3 Å². The monoisotopic (exact) mass is 348 g/mol. The van der Waals surface area contributed by atoms with Crippen molar-refractivity contribution in [1.29, 1.82) is 0 Å². The summed E-state index contributed by atoms with van der Waals surface area (Å²) >= 11 is 0. The van der Waals surface area contributed by atoms with Crippen LogP contribution >= 0.6 is 0 Å². The Hall–Kier alpha value is -2.15. The van der Waals surface area contributed by atoms with Crippen molar-refractivity contribution in [3.63, 3.8) is 0 Å². The zero-order chi connectivity index (χ0) is 17.4. The zero-order valence-electron chi connectivity index (χ0n) is 13.7. The number of carbonyl (C=O) groups is 1. The molecule has 0 saturated heterocycles. The molecular weight excluding hydrogens is 328 g/mol. The molecule has 1 aromatic carbocycles. The van der Waals surface area contributed by atoms with Crippen LogP contribution in [0.25, 0.3) is 0 Å². The highest BCUT2D eigenvalue weighted by Gasteiger charge is 2.55. The molecule has 7 heteroatoms. The first kappa shape index (κ1) is 16.7. The van der Waals surface area contributed by atoms with Gasteiger partial charge in [0.15, 0.2) is 20.3 Å². The van der Waals surface area contributed by atoms with Crippen LogP contribution in [0.5, 0.6) is 0 Å². The van der Waals surface area contributed by atoms with Gasteiger partial charge in [-0.15, -0.1) is 0 Å². The summed E-state index contributed by atoms with van der Waals surface area (Å²) in [6.07, 6.45) is 1.40. The molecule has 3 rings (SSSR count). The van der Waals surface area contributed by atoms with Crippen LogP contribution in [-0.4, -0.2) is 24.2 Å². The standard InChI is InChI=1S/C17H20N2O4S/c1-12-4-6-15(7-5-12)24(21,22)17(8-3-9-17)16(20)18-11-14-10-13(2)19-23-14/h4-7,10H,3,8-9,11H2,1-2H3,(H,18,20). The Morgan fingerprint density at radius 2 is 1.92 bits per heavy atom. The Balaban J connectivity index is 1.82. The number of hydrogen-bond acceptors (Lipinski definition) is 5. The van der Waals surface area contributed by atoms with Crippen molar-refractivity contribution in [3.05, 3.63) is 47.3 Å². The fraction of sp³-hybridized carbons (Fsp3) is 0.412. The summed E-state index contributed by atoms with van der Waals surface area (Å²) in [6, 6.07) is 8.33. The number of benzene rings is 1. The van der Waals surface area contributed by atoms with Gasteiger partial charge in [0.25, 0.3) is 0 Å². The van der Waals surface area contributed by atoms with Crippen molar-refractivity contribution in [2.45, 2.75) is 49.3 Å². The average Bonchev–Trinajstić information content (AvgIpc) is 2.90. The van der Waals surface area contributed by atoms with E-state index in [9.17, 15) is 13.2 Å². The molecule has 1 aliphatic carbocycles. The molecular formula is C17H20N2O4S. The Labute approximate surface area is 141 Å². The fourth-order valence-electron chi connectivity index (χ4n) is 2.89. The molecule has 2 aromatic rings. The normalized spacial score (nSPS) is 16.4. The topological polar surface area (TPSA) is 89.3 Å². The molecule has 1 saturated carbocycles. The molecule has 0 bridgehead atoms. The molecule has 0 spiro atoms. The van der Waals surface area contributed by atoms with Gasteiger partial charge in [-0.1, -0.05) is 22.9 Å². The van der Waals surface area contributed by atoms with Crippen LogP contribution in [0.3, 0.4) is 0 Å². The zero-order valence-corrected chi connectivity index (χ0v) is 14.5. The van der Waals surface area contributed by atoms with Crippen molar-refractivity contribution in [2.75, 3.05) is 0 Å². The van der Waals surface area contributed by atoms with Crippen molar-refractivity contribution in [2.24, 2.45) is 0 Å². The number of amides is 1. The predicted molar refractivity (Wildman–Crippen MR) is 88.0 cm³/mol. The van der Waals surface area contributed by atoms with Gasteiger partial charge in [0.1, 0.15) is 0 Å². The molecule has 6 nitrogen and oxygen atoms in total. The van der Waals surface area contributed by atoms with E-state index in [1.807, 2.05) is 6.92 Å². The molecule has 0 aliphatic heterocycles. The number of nitrogens with one attached hydrogen (secondary N) is 1.